The van der Waals surface area contributed by atoms with Crippen LogP contribution in [-0.4, -0.2) is 24.5 Å². The van der Waals surface area contributed by atoms with E-state index >= 15 is 0 Å². The maximum absolute atomic E-state index is 4.92. The molecule has 28 heavy (non-hydrogen) atoms. The molecule has 136 valence electrons. The van der Waals surface area contributed by atoms with Crippen LogP contribution < -0.4 is 0 Å². The second kappa shape index (κ2) is 6.85. The van der Waals surface area contributed by atoms with Gasteiger partial charge in [0.1, 0.15) is 5.82 Å². The van der Waals surface area contributed by atoms with Crippen molar-refractivity contribution < 1.29 is 0 Å². The van der Waals surface area contributed by atoms with E-state index in [1.54, 1.807) is 6.20 Å². The van der Waals surface area contributed by atoms with Gasteiger partial charge in [-0.15, -0.1) is 0 Å². The molecule has 5 heteroatoms. The summed E-state index contributed by atoms with van der Waals surface area (Å²) in [4.78, 5) is 18.4. The summed E-state index contributed by atoms with van der Waals surface area (Å²) in [5.74, 6) is 1.06. The maximum atomic E-state index is 4.92. The van der Waals surface area contributed by atoms with E-state index in [-0.39, 0.29) is 0 Å². The molecule has 5 rings (SSSR count). The van der Waals surface area contributed by atoms with Crippen molar-refractivity contribution in [3.05, 3.63) is 84.7 Å². The van der Waals surface area contributed by atoms with Crippen LogP contribution in [0.2, 0.25) is 0 Å². The molecule has 4 heterocycles. The van der Waals surface area contributed by atoms with Gasteiger partial charge in [-0.1, -0.05) is 6.07 Å². The van der Waals surface area contributed by atoms with Crippen molar-refractivity contribution in [3.8, 4) is 11.3 Å². The van der Waals surface area contributed by atoms with Crippen LogP contribution in [0.25, 0.3) is 33.2 Å². The number of pyridine rings is 3. The number of aryl methyl sites for hydroxylation is 3. The molecular formula is C23H19N5. The standard InChI is InChI=1S/C23H19N5/c1-28-21-11-10-20-18(7-4-14-25-20)23(21)27-22(28)12-9-17-6-2-8-19(26-17)16-5-3-13-24-15-16/h2-8,10-11,13-15H,9,12H2,1H3. The molecule has 4 aromatic heterocycles. The van der Waals surface area contributed by atoms with Crippen LogP contribution in [0.3, 0.4) is 0 Å². The normalized spacial score (nSPS) is 11.3. The van der Waals surface area contributed by atoms with E-state index in [9.17, 15) is 0 Å². The first-order chi connectivity index (χ1) is 13.8. The van der Waals surface area contributed by atoms with Gasteiger partial charge in [0.25, 0.3) is 0 Å². The Morgan fingerprint density at radius 1 is 0.857 bits per heavy atom. The van der Waals surface area contributed by atoms with Crippen LogP contribution in [0.1, 0.15) is 11.5 Å². The summed E-state index contributed by atoms with van der Waals surface area (Å²) in [5, 5.41) is 1.10. The minimum atomic E-state index is 0.830. The number of benzene rings is 1. The fourth-order valence-corrected chi connectivity index (χ4v) is 3.61. The first-order valence-corrected chi connectivity index (χ1v) is 9.35. The SMILES string of the molecule is Cn1c(CCc2cccc(-c3cccnc3)n2)nc2c3cccnc3ccc21. The molecule has 0 aliphatic rings. The molecule has 0 fully saturated rings. The lowest BCUT2D eigenvalue weighted by molar-refractivity contribution is 0.776. The number of nitrogens with zero attached hydrogens (tertiary/aromatic N) is 5. The molecule has 0 amide bonds. The molecule has 0 saturated carbocycles. The molecule has 1 aromatic carbocycles. The van der Waals surface area contributed by atoms with Gasteiger partial charge in [-0.25, -0.2) is 4.98 Å². The lowest BCUT2D eigenvalue weighted by Crippen LogP contribution is -2.02. The van der Waals surface area contributed by atoms with E-state index in [1.807, 2.05) is 36.7 Å². The number of hydrogen-bond acceptors (Lipinski definition) is 4. The third kappa shape index (κ3) is 2.91. The first-order valence-electron chi connectivity index (χ1n) is 9.35. The lowest BCUT2D eigenvalue weighted by atomic mass is 10.1. The molecule has 0 N–H and O–H groups in total. The van der Waals surface area contributed by atoms with Crippen LogP contribution in [-0.2, 0) is 19.9 Å². The lowest BCUT2D eigenvalue weighted by Gasteiger charge is -2.05. The Balaban J connectivity index is 1.45. The van der Waals surface area contributed by atoms with Gasteiger partial charge >= 0.3 is 0 Å². The van der Waals surface area contributed by atoms with Gasteiger partial charge in [0.2, 0.25) is 0 Å². The number of rotatable bonds is 4. The summed E-state index contributed by atoms with van der Waals surface area (Å²) < 4.78 is 2.17. The highest BCUT2D eigenvalue weighted by atomic mass is 15.1. The van der Waals surface area contributed by atoms with E-state index < -0.39 is 0 Å². The predicted molar refractivity (Wildman–Crippen MR) is 111 cm³/mol. The first kappa shape index (κ1) is 16.6. The second-order valence-corrected chi connectivity index (χ2v) is 6.85. The highest BCUT2D eigenvalue weighted by molar-refractivity contribution is 6.02. The van der Waals surface area contributed by atoms with Crippen LogP contribution >= 0.6 is 0 Å². The summed E-state index contributed by atoms with van der Waals surface area (Å²) in [6.07, 6.45) is 7.10. The highest BCUT2D eigenvalue weighted by Gasteiger charge is 2.11. The third-order valence-electron chi connectivity index (χ3n) is 5.09. The maximum Gasteiger partial charge on any atom is 0.110 e. The molecule has 0 aliphatic heterocycles. The largest absolute Gasteiger partial charge is 0.331 e. The number of fused-ring (bicyclic) bond motifs is 3. The summed E-state index contributed by atoms with van der Waals surface area (Å²) in [6, 6.07) is 18.3. The van der Waals surface area contributed by atoms with Gasteiger partial charge in [-0.2, -0.15) is 0 Å². The minimum Gasteiger partial charge on any atom is -0.331 e. The molecular weight excluding hydrogens is 346 g/mol. The average Bonchev–Trinajstić information content (AvgIpc) is 3.09. The van der Waals surface area contributed by atoms with Crippen LogP contribution in [0.5, 0.6) is 0 Å². The Morgan fingerprint density at radius 3 is 2.68 bits per heavy atom. The fraction of sp³-hybridized carbons (Fsp3) is 0.130. The Bertz CT molecular complexity index is 1270. The molecule has 0 unspecified atom stereocenters. The minimum absolute atomic E-state index is 0.830. The Morgan fingerprint density at radius 2 is 1.79 bits per heavy atom. The van der Waals surface area contributed by atoms with E-state index in [2.05, 4.69) is 51.9 Å². The Hall–Kier alpha value is -3.60. The molecule has 0 saturated heterocycles. The molecule has 0 bridgehead atoms. The molecule has 0 aliphatic carbocycles. The third-order valence-corrected chi connectivity index (χ3v) is 5.09. The van der Waals surface area contributed by atoms with Crippen LogP contribution in [0, 0.1) is 0 Å². The predicted octanol–water partition coefficient (Wildman–Crippen LogP) is 4.36. The quantitative estimate of drug-likeness (QED) is 0.475. The zero-order valence-corrected chi connectivity index (χ0v) is 15.6. The van der Waals surface area contributed by atoms with Gasteiger partial charge < -0.3 is 4.57 Å². The molecule has 0 radical (unpaired) electrons. The summed E-state index contributed by atoms with van der Waals surface area (Å²) in [5.41, 5.74) is 6.16. The van der Waals surface area contributed by atoms with Gasteiger partial charge in [-0.05, 0) is 55.0 Å². The van der Waals surface area contributed by atoms with Crippen LogP contribution in [0.4, 0.5) is 0 Å². The second-order valence-electron chi connectivity index (χ2n) is 6.85. The topological polar surface area (TPSA) is 56.5 Å². The van der Waals surface area contributed by atoms with Crippen molar-refractivity contribution >= 4 is 21.9 Å². The highest BCUT2D eigenvalue weighted by Crippen LogP contribution is 2.24. The van der Waals surface area contributed by atoms with Crippen molar-refractivity contribution in [1.29, 1.82) is 0 Å². The van der Waals surface area contributed by atoms with Crippen LogP contribution in [0.15, 0.2) is 73.2 Å². The molecule has 0 atom stereocenters. The summed E-state index contributed by atoms with van der Waals surface area (Å²) >= 11 is 0. The molecule has 0 spiro atoms. The fourth-order valence-electron chi connectivity index (χ4n) is 3.61. The number of imidazole rings is 1. The Labute approximate surface area is 162 Å². The zero-order valence-electron chi connectivity index (χ0n) is 15.6. The Kier molecular flexibility index (Phi) is 4.05. The van der Waals surface area contributed by atoms with Gasteiger partial charge in [-0.3, -0.25) is 15.0 Å². The van der Waals surface area contributed by atoms with E-state index in [1.165, 1.54) is 0 Å². The van der Waals surface area contributed by atoms with E-state index in [4.69, 9.17) is 9.97 Å². The average molecular weight is 365 g/mol. The van der Waals surface area contributed by atoms with Crippen molar-refractivity contribution in [2.75, 3.05) is 0 Å². The summed E-state index contributed by atoms with van der Waals surface area (Å²) in [7, 11) is 2.08. The van der Waals surface area contributed by atoms with Gasteiger partial charge in [0.15, 0.2) is 0 Å². The van der Waals surface area contributed by atoms with Crippen molar-refractivity contribution in [2.45, 2.75) is 12.8 Å². The monoisotopic (exact) mass is 365 g/mol. The van der Waals surface area contributed by atoms with Crippen molar-refractivity contribution in [3.63, 3.8) is 0 Å². The number of aromatic nitrogens is 5. The molecule has 5 nitrogen and oxygen atoms in total. The van der Waals surface area contributed by atoms with Gasteiger partial charge in [0, 0.05) is 48.7 Å². The van der Waals surface area contributed by atoms with Crippen molar-refractivity contribution in [2.24, 2.45) is 7.05 Å². The zero-order chi connectivity index (χ0) is 18.9. The smallest absolute Gasteiger partial charge is 0.110 e. The number of hydrogen-bond donors (Lipinski definition) is 0. The summed E-state index contributed by atoms with van der Waals surface area (Å²) in [6.45, 7) is 0. The van der Waals surface area contributed by atoms with Crippen molar-refractivity contribution in [1.82, 2.24) is 24.5 Å². The van der Waals surface area contributed by atoms with Gasteiger partial charge in [0.05, 0.1) is 22.2 Å². The molecule has 5 aromatic rings. The van der Waals surface area contributed by atoms with E-state index in [0.29, 0.717) is 0 Å². The van der Waals surface area contributed by atoms with E-state index in [0.717, 1.165) is 57.6 Å².